The van der Waals surface area contributed by atoms with Gasteiger partial charge in [-0.25, -0.2) is 0 Å². The number of rotatable bonds is 5. The quantitative estimate of drug-likeness (QED) is 0.778. The lowest BCUT2D eigenvalue weighted by molar-refractivity contribution is 0.786. The van der Waals surface area contributed by atoms with Gasteiger partial charge in [0.05, 0.1) is 5.69 Å². The second kappa shape index (κ2) is 6.47. The summed E-state index contributed by atoms with van der Waals surface area (Å²) in [6.07, 6.45) is 3.72. The number of tetrazole rings is 1. The second-order valence-corrected chi connectivity index (χ2v) is 4.48. The Bertz CT molecular complexity index is 704. The van der Waals surface area contributed by atoms with Crippen molar-refractivity contribution < 1.29 is 0 Å². The zero-order chi connectivity index (χ0) is 14.3. The Labute approximate surface area is 122 Å². The third-order valence-corrected chi connectivity index (χ3v) is 2.99. The minimum Gasteiger partial charge on any atom is -0.387 e. The van der Waals surface area contributed by atoms with Gasteiger partial charge in [0.15, 0.2) is 5.82 Å². The normalized spacial score (nSPS) is 10.9. The van der Waals surface area contributed by atoms with Gasteiger partial charge in [-0.3, -0.25) is 0 Å². The smallest absolute Gasteiger partial charge is 0.181 e. The summed E-state index contributed by atoms with van der Waals surface area (Å²) in [6, 6.07) is 20.0. The van der Waals surface area contributed by atoms with Crippen LogP contribution < -0.4 is 5.32 Å². The summed E-state index contributed by atoms with van der Waals surface area (Å²) in [5.41, 5.74) is 2.16. The van der Waals surface area contributed by atoms with Crippen LogP contribution in [0.3, 0.4) is 0 Å². The van der Waals surface area contributed by atoms with E-state index >= 15 is 0 Å². The van der Waals surface area contributed by atoms with Gasteiger partial charge in [-0.2, -0.15) is 4.68 Å². The Morgan fingerprint density at radius 3 is 2.43 bits per heavy atom. The Morgan fingerprint density at radius 1 is 0.952 bits per heavy atom. The Kier molecular flexibility index (Phi) is 4.02. The van der Waals surface area contributed by atoms with Crippen LogP contribution in [0, 0.1) is 0 Å². The molecule has 3 aromatic rings. The van der Waals surface area contributed by atoms with Crippen molar-refractivity contribution in [3.05, 3.63) is 78.3 Å². The molecule has 0 amide bonds. The number of nitrogens with zero attached hydrogens (tertiary/aromatic N) is 4. The van der Waals surface area contributed by atoms with E-state index in [4.69, 9.17) is 0 Å². The maximum atomic E-state index is 4.01. The molecule has 0 aliphatic rings. The first-order chi connectivity index (χ1) is 10.4. The standard InChI is InChI=1S/C16H15N5/c1-3-7-14(8-4-1)13-17-12-11-16-18-19-20-21(16)15-9-5-2-6-10-15/h1-12,17H,13H2. The van der Waals surface area contributed by atoms with Crippen LogP contribution in [-0.4, -0.2) is 20.2 Å². The van der Waals surface area contributed by atoms with Crippen LogP contribution in [0.2, 0.25) is 0 Å². The van der Waals surface area contributed by atoms with Crippen molar-refractivity contribution in [3.63, 3.8) is 0 Å². The summed E-state index contributed by atoms with van der Waals surface area (Å²) in [6.45, 7) is 0.768. The van der Waals surface area contributed by atoms with E-state index in [0.29, 0.717) is 5.82 Å². The Hall–Kier alpha value is -2.95. The van der Waals surface area contributed by atoms with Crippen LogP contribution in [0.25, 0.3) is 11.8 Å². The number of benzene rings is 2. The maximum Gasteiger partial charge on any atom is 0.181 e. The summed E-state index contributed by atoms with van der Waals surface area (Å²) in [4.78, 5) is 0. The van der Waals surface area contributed by atoms with Crippen molar-refractivity contribution in [1.29, 1.82) is 0 Å². The predicted octanol–water partition coefficient (Wildman–Crippen LogP) is 2.42. The summed E-state index contributed by atoms with van der Waals surface area (Å²) < 4.78 is 1.70. The molecule has 0 bridgehead atoms. The summed E-state index contributed by atoms with van der Waals surface area (Å²) in [5.74, 6) is 0.682. The van der Waals surface area contributed by atoms with Gasteiger partial charge in [-0.15, -0.1) is 5.10 Å². The average molecular weight is 277 g/mol. The molecule has 104 valence electrons. The first kappa shape index (κ1) is 13.1. The van der Waals surface area contributed by atoms with E-state index in [2.05, 4.69) is 33.0 Å². The predicted molar refractivity (Wildman–Crippen MR) is 81.5 cm³/mol. The molecule has 0 saturated heterocycles. The van der Waals surface area contributed by atoms with Crippen molar-refractivity contribution in [2.45, 2.75) is 6.54 Å². The first-order valence-corrected chi connectivity index (χ1v) is 6.71. The molecular formula is C16H15N5. The number of para-hydroxylation sites is 1. The zero-order valence-electron chi connectivity index (χ0n) is 11.4. The number of hydrogen-bond acceptors (Lipinski definition) is 4. The number of aromatic nitrogens is 4. The van der Waals surface area contributed by atoms with E-state index in [9.17, 15) is 0 Å². The molecule has 2 aromatic carbocycles. The minimum atomic E-state index is 0.682. The van der Waals surface area contributed by atoms with Gasteiger partial charge in [0.1, 0.15) is 0 Å². The molecule has 0 aliphatic carbocycles. The molecule has 0 spiro atoms. The van der Waals surface area contributed by atoms with E-state index in [1.807, 2.05) is 60.8 Å². The van der Waals surface area contributed by atoms with Gasteiger partial charge in [0, 0.05) is 18.8 Å². The molecule has 0 fully saturated rings. The fourth-order valence-corrected chi connectivity index (χ4v) is 1.96. The third-order valence-electron chi connectivity index (χ3n) is 2.99. The van der Waals surface area contributed by atoms with Gasteiger partial charge in [0.2, 0.25) is 0 Å². The van der Waals surface area contributed by atoms with Crippen LogP contribution in [-0.2, 0) is 6.54 Å². The SMILES string of the molecule is C(=Cc1nnnn1-c1ccccc1)NCc1ccccc1. The summed E-state index contributed by atoms with van der Waals surface area (Å²) >= 11 is 0. The molecule has 1 heterocycles. The van der Waals surface area contributed by atoms with Crippen LogP contribution in [0.5, 0.6) is 0 Å². The highest BCUT2D eigenvalue weighted by Gasteiger charge is 2.03. The van der Waals surface area contributed by atoms with Crippen molar-refractivity contribution in [3.8, 4) is 5.69 Å². The average Bonchev–Trinajstić information content (AvgIpc) is 3.02. The lowest BCUT2D eigenvalue weighted by Gasteiger charge is -2.02. The summed E-state index contributed by atoms with van der Waals surface area (Å²) in [5, 5.41) is 15.0. The van der Waals surface area contributed by atoms with Crippen molar-refractivity contribution in [2.75, 3.05) is 0 Å². The van der Waals surface area contributed by atoms with Gasteiger partial charge >= 0.3 is 0 Å². The van der Waals surface area contributed by atoms with E-state index in [1.165, 1.54) is 5.56 Å². The lowest BCUT2D eigenvalue weighted by atomic mass is 10.2. The molecule has 0 atom stereocenters. The maximum absolute atomic E-state index is 4.01. The topological polar surface area (TPSA) is 55.6 Å². The molecule has 1 N–H and O–H groups in total. The molecule has 0 unspecified atom stereocenters. The Morgan fingerprint density at radius 2 is 1.67 bits per heavy atom. The van der Waals surface area contributed by atoms with E-state index in [0.717, 1.165) is 12.2 Å². The van der Waals surface area contributed by atoms with E-state index < -0.39 is 0 Å². The van der Waals surface area contributed by atoms with Gasteiger partial charge < -0.3 is 5.32 Å². The van der Waals surface area contributed by atoms with Crippen LogP contribution in [0.1, 0.15) is 11.4 Å². The first-order valence-electron chi connectivity index (χ1n) is 6.71. The summed E-state index contributed by atoms with van der Waals surface area (Å²) in [7, 11) is 0. The highest BCUT2D eigenvalue weighted by atomic mass is 15.5. The molecule has 1 aromatic heterocycles. The van der Waals surface area contributed by atoms with E-state index in [1.54, 1.807) is 4.68 Å². The molecule has 0 radical (unpaired) electrons. The monoisotopic (exact) mass is 277 g/mol. The second-order valence-electron chi connectivity index (χ2n) is 4.48. The van der Waals surface area contributed by atoms with Crippen LogP contribution in [0.15, 0.2) is 66.9 Å². The van der Waals surface area contributed by atoms with Gasteiger partial charge in [-0.1, -0.05) is 48.5 Å². The van der Waals surface area contributed by atoms with E-state index in [-0.39, 0.29) is 0 Å². The van der Waals surface area contributed by atoms with Gasteiger partial charge in [0.25, 0.3) is 0 Å². The molecule has 3 rings (SSSR count). The zero-order valence-corrected chi connectivity index (χ0v) is 11.4. The largest absolute Gasteiger partial charge is 0.387 e. The molecule has 0 aliphatic heterocycles. The molecular weight excluding hydrogens is 262 g/mol. The highest BCUT2D eigenvalue weighted by molar-refractivity contribution is 5.43. The fourth-order valence-electron chi connectivity index (χ4n) is 1.96. The van der Waals surface area contributed by atoms with Crippen LogP contribution in [0.4, 0.5) is 0 Å². The van der Waals surface area contributed by atoms with Crippen molar-refractivity contribution >= 4 is 6.08 Å². The molecule has 21 heavy (non-hydrogen) atoms. The molecule has 0 saturated carbocycles. The number of hydrogen-bond donors (Lipinski definition) is 1. The van der Waals surface area contributed by atoms with Crippen molar-refractivity contribution in [1.82, 2.24) is 25.5 Å². The highest BCUT2D eigenvalue weighted by Crippen LogP contribution is 2.07. The third kappa shape index (κ3) is 3.33. The fraction of sp³-hybridized carbons (Fsp3) is 0.0625. The van der Waals surface area contributed by atoms with Crippen LogP contribution >= 0.6 is 0 Å². The number of nitrogens with one attached hydrogen (secondary N) is 1. The minimum absolute atomic E-state index is 0.682. The molecule has 5 nitrogen and oxygen atoms in total. The Balaban J connectivity index is 1.66. The van der Waals surface area contributed by atoms with Gasteiger partial charge in [-0.05, 0) is 28.1 Å². The lowest BCUT2D eigenvalue weighted by Crippen LogP contribution is -2.05. The van der Waals surface area contributed by atoms with Crippen molar-refractivity contribution in [2.24, 2.45) is 0 Å². The molecule has 5 heteroatoms.